The number of nitrogens with zero attached hydrogens (tertiary/aromatic N) is 1. The van der Waals surface area contributed by atoms with E-state index in [-0.39, 0.29) is 52.4 Å². The van der Waals surface area contributed by atoms with E-state index in [1.807, 2.05) is 12.2 Å². The minimum absolute atomic E-state index is 0.0214. The number of rotatable bonds is 5. The summed E-state index contributed by atoms with van der Waals surface area (Å²) in [5.41, 5.74) is -0.754. The van der Waals surface area contributed by atoms with Gasteiger partial charge in [0, 0.05) is 5.69 Å². The number of carbonyl (C=O) groups is 4. The molecular formula is C25H19F3N2O5. The number of amides is 3. The quantitative estimate of drug-likeness (QED) is 0.396. The van der Waals surface area contributed by atoms with Crippen molar-refractivity contribution in [2.75, 3.05) is 16.8 Å². The smallest absolute Gasteiger partial charge is 0.416 e. The third-order valence-corrected chi connectivity index (χ3v) is 6.62. The lowest BCUT2D eigenvalue weighted by Crippen LogP contribution is -2.33. The molecule has 5 rings (SSSR count). The van der Waals surface area contributed by atoms with Crippen molar-refractivity contribution in [2.45, 2.75) is 12.6 Å². The largest absolute Gasteiger partial charge is 0.452 e. The van der Waals surface area contributed by atoms with Crippen LogP contribution >= 0.6 is 0 Å². The Morgan fingerprint density at radius 2 is 1.63 bits per heavy atom. The first-order valence-electron chi connectivity index (χ1n) is 10.9. The zero-order valence-corrected chi connectivity index (χ0v) is 18.1. The van der Waals surface area contributed by atoms with E-state index in [1.165, 1.54) is 24.3 Å². The van der Waals surface area contributed by atoms with Crippen molar-refractivity contribution in [1.82, 2.24) is 0 Å². The van der Waals surface area contributed by atoms with Crippen molar-refractivity contribution in [2.24, 2.45) is 23.7 Å². The van der Waals surface area contributed by atoms with Crippen LogP contribution in [-0.2, 0) is 25.3 Å². The number of nitrogens with one attached hydrogen (secondary N) is 1. The van der Waals surface area contributed by atoms with Gasteiger partial charge in [-0.15, -0.1) is 0 Å². The van der Waals surface area contributed by atoms with Crippen LogP contribution in [0.5, 0.6) is 0 Å². The molecule has 7 nitrogen and oxygen atoms in total. The zero-order chi connectivity index (χ0) is 24.9. The predicted molar refractivity (Wildman–Crippen MR) is 117 cm³/mol. The van der Waals surface area contributed by atoms with Crippen LogP contribution in [0.15, 0.2) is 60.7 Å². The minimum atomic E-state index is -4.56. The highest BCUT2D eigenvalue weighted by Gasteiger charge is 2.59. The summed E-state index contributed by atoms with van der Waals surface area (Å²) in [6.07, 6.45) is 0.206. The Morgan fingerprint density at radius 3 is 2.29 bits per heavy atom. The molecule has 3 aliphatic rings. The van der Waals surface area contributed by atoms with Crippen molar-refractivity contribution in [3.8, 4) is 0 Å². The van der Waals surface area contributed by atoms with Crippen LogP contribution < -0.4 is 10.2 Å². The van der Waals surface area contributed by atoms with Crippen LogP contribution in [0.25, 0.3) is 0 Å². The molecule has 180 valence electrons. The second-order valence-electron chi connectivity index (χ2n) is 8.76. The lowest BCUT2D eigenvalue weighted by molar-refractivity contribution is -0.137. The standard InChI is InChI=1S/C25H19F3N2O5/c26-25(27,28)16-4-2-5-17(11-16)29-19(31)12-35-24(34)15-3-1-6-18(10-15)30-22(32)20-13-7-8-14(9-13)21(20)23(30)33/h1-8,10-11,13-14,20-21H,9,12H2,(H,29,31)/t13-,14-,20-,21+/m0/s1. The number of alkyl halides is 3. The molecule has 0 unspecified atom stereocenters. The number of esters is 1. The maximum Gasteiger partial charge on any atom is 0.416 e. The van der Waals surface area contributed by atoms with Gasteiger partial charge in [0.15, 0.2) is 6.61 Å². The Labute approximate surface area is 197 Å². The van der Waals surface area contributed by atoms with Crippen molar-refractivity contribution < 1.29 is 37.1 Å². The summed E-state index contributed by atoms with van der Waals surface area (Å²) in [6, 6.07) is 9.86. The highest BCUT2D eigenvalue weighted by molar-refractivity contribution is 6.23. The minimum Gasteiger partial charge on any atom is -0.452 e. The number of allylic oxidation sites excluding steroid dienone is 2. The molecule has 0 spiro atoms. The van der Waals surface area contributed by atoms with Crippen molar-refractivity contribution in [3.63, 3.8) is 0 Å². The molecule has 0 radical (unpaired) electrons. The monoisotopic (exact) mass is 484 g/mol. The third kappa shape index (κ3) is 4.09. The molecule has 1 saturated carbocycles. The molecule has 1 saturated heterocycles. The first-order chi connectivity index (χ1) is 16.6. The number of fused-ring (bicyclic) bond motifs is 5. The van der Waals surface area contributed by atoms with E-state index < -0.39 is 30.2 Å². The number of imide groups is 1. The molecule has 2 aliphatic carbocycles. The molecule has 1 aliphatic heterocycles. The van der Waals surface area contributed by atoms with Crippen LogP contribution in [0.4, 0.5) is 24.5 Å². The molecule has 0 aromatic heterocycles. The Balaban J connectivity index is 1.23. The van der Waals surface area contributed by atoms with E-state index in [0.717, 1.165) is 29.5 Å². The molecular weight excluding hydrogens is 465 g/mol. The van der Waals surface area contributed by atoms with Crippen molar-refractivity contribution >= 4 is 35.1 Å². The van der Waals surface area contributed by atoms with Gasteiger partial charge in [-0.05, 0) is 54.7 Å². The highest BCUT2D eigenvalue weighted by Crippen LogP contribution is 2.53. The maximum atomic E-state index is 13.0. The number of carbonyl (C=O) groups excluding carboxylic acids is 4. The molecule has 10 heteroatoms. The topological polar surface area (TPSA) is 92.8 Å². The van der Waals surface area contributed by atoms with E-state index in [0.29, 0.717) is 0 Å². The molecule has 1 heterocycles. The van der Waals surface area contributed by atoms with Gasteiger partial charge < -0.3 is 10.1 Å². The summed E-state index contributed by atoms with van der Waals surface area (Å²) in [5.74, 6) is -2.95. The van der Waals surface area contributed by atoms with Crippen molar-refractivity contribution in [1.29, 1.82) is 0 Å². The average molecular weight is 484 g/mol. The molecule has 4 atom stereocenters. The summed E-state index contributed by atoms with van der Waals surface area (Å²) in [5, 5.41) is 2.25. The van der Waals surface area contributed by atoms with Gasteiger partial charge in [-0.25, -0.2) is 9.69 Å². The fraction of sp³-hybridized carbons (Fsp3) is 0.280. The summed E-state index contributed by atoms with van der Waals surface area (Å²) in [4.78, 5) is 51.6. The van der Waals surface area contributed by atoms with Crippen LogP contribution in [0.1, 0.15) is 22.3 Å². The molecule has 35 heavy (non-hydrogen) atoms. The number of benzene rings is 2. The highest BCUT2D eigenvalue weighted by atomic mass is 19.4. The normalized spacial score (nSPS) is 24.6. The summed E-state index contributed by atoms with van der Waals surface area (Å²) < 4.78 is 43.4. The van der Waals surface area contributed by atoms with Gasteiger partial charge in [-0.2, -0.15) is 13.2 Å². The summed E-state index contributed by atoms with van der Waals surface area (Å²) in [7, 11) is 0. The van der Waals surface area contributed by atoms with E-state index in [4.69, 9.17) is 4.74 Å². The fourth-order valence-corrected chi connectivity index (χ4v) is 5.11. The number of halogens is 3. The summed E-state index contributed by atoms with van der Waals surface area (Å²) >= 11 is 0. The molecule has 2 aromatic rings. The SMILES string of the molecule is O=C(COC(=O)c1cccc(N2C(=O)[C@@H]3[C@H](C2=O)[C@H]2C=C[C@H]3C2)c1)Nc1cccc(C(F)(F)F)c1. The Bertz CT molecular complexity index is 1240. The second-order valence-corrected chi connectivity index (χ2v) is 8.76. The average Bonchev–Trinajstić information content (AvgIpc) is 3.51. The molecule has 1 N–H and O–H groups in total. The van der Waals surface area contributed by atoms with E-state index in [2.05, 4.69) is 5.32 Å². The molecule has 2 bridgehead atoms. The van der Waals surface area contributed by atoms with Gasteiger partial charge in [0.05, 0.1) is 28.7 Å². The van der Waals surface area contributed by atoms with Crippen LogP contribution in [0.3, 0.4) is 0 Å². The fourth-order valence-electron chi connectivity index (χ4n) is 5.11. The van der Waals surface area contributed by atoms with Gasteiger partial charge in [0.25, 0.3) is 5.91 Å². The first-order valence-corrected chi connectivity index (χ1v) is 10.9. The maximum absolute atomic E-state index is 13.0. The Hall–Kier alpha value is -3.95. The van der Waals surface area contributed by atoms with Gasteiger partial charge >= 0.3 is 12.1 Å². The number of ether oxygens (including phenoxy) is 1. The summed E-state index contributed by atoms with van der Waals surface area (Å²) in [6.45, 7) is -0.736. The lowest BCUT2D eigenvalue weighted by Gasteiger charge is -2.18. The molecule has 2 fully saturated rings. The lowest BCUT2D eigenvalue weighted by atomic mass is 9.85. The van der Waals surface area contributed by atoms with Gasteiger partial charge in [0.1, 0.15) is 0 Å². The Morgan fingerprint density at radius 1 is 0.971 bits per heavy atom. The van der Waals surface area contributed by atoms with Crippen LogP contribution in [0.2, 0.25) is 0 Å². The molecule has 3 amide bonds. The van der Waals surface area contributed by atoms with E-state index in [1.54, 1.807) is 6.07 Å². The van der Waals surface area contributed by atoms with E-state index in [9.17, 15) is 32.3 Å². The molecule has 2 aromatic carbocycles. The van der Waals surface area contributed by atoms with Crippen LogP contribution in [0, 0.1) is 23.7 Å². The van der Waals surface area contributed by atoms with E-state index >= 15 is 0 Å². The predicted octanol–water partition coefficient (Wildman–Crippen LogP) is 3.81. The van der Waals surface area contributed by atoms with Gasteiger partial charge in [0.2, 0.25) is 11.8 Å². The number of anilines is 2. The first kappa shape index (κ1) is 22.8. The number of hydrogen-bond donors (Lipinski definition) is 1. The van der Waals surface area contributed by atoms with Crippen molar-refractivity contribution in [3.05, 3.63) is 71.8 Å². The Kier molecular flexibility index (Phi) is 5.46. The van der Waals surface area contributed by atoms with Gasteiger partial charge in [-0.1, -0.05) is 24.3 Å². The number of hydrogen-bond acceptors (Lipinski definition) is 5. The van der Waals surface area contributed by atoms with Crippen LogP contribution in [-0.4, -0.2) is 30.3 Å². The zero-order valence-electron chi connectivity index (χ0n) is 18.1. The van der Waals surface area contributed by atoms with Gasteiger partial charge in [-0.3, -0.25) is 14.4 Å². The second kappa shape index (κ2) is 8.37. The third-order valence-electron chi connectivity index (χ3n) is 6.62.